The van der Waals surface area contributed by atoms with Crippen LogP contribution in [0.25, 0.3) is 0 Å². The van der Waals surface area contributed by atoms with Crippen LogP contribution in [-0.4, -0.2) is 142 Å². The molecule has 5 atom stereocenters. The van der Waals surface area contributed by atoms with Crippen LogP contribution in [0.5, 0.6) is 0 Å². The molecule has 3 rings (SSSR count). The van der Waals surface area contributed by atoms with E-state index >= 15 is 0 Å². The second-order valence-corrected chi connectivity index (χ2v) is 30.0. The number of aromatic nitrogens is 2. The van der Waals surface area contributed by atoms with Gasteiger partial charge in [-0.15, -0.1) is 5.06 Å². The number of imide groups is 1. The molecule has 0 spiro atoms. The number of thiol groups is 1. The maximum Gasteiger partial charge on any atom is 0.334 e. The fraction of sp³-hybridized carbons (Fsp3) is 0.679. The third-order valence-corrected chi connectivity index (χ3v) is 20.1. The standard InChI is InChI=1S/C17H28NO4PS2.C13H27N2O5PS2.C12H12N2O4S2.C7H18NO3P.C4H9NOS/c19-16(12-15-24-25-17-11-7-8-13-18-17)10-6-4-2-1-3-5-9-14-22-23(20)21;1-11(13(14)17)10-23-22-9-6-12(16)15-7-4-2-3-5-8-20-21(18)19;15-10-4-5-11(16)14(10)18-12(17)6-8-19-20-9-3-1-2-7-13-9;1-12(9,10)11-7-5-3-2-4-6-8;1-3(2-7)4(5)6/h7-8,11,13,23H,1-6,9-10,12,14-15H2,(H,20,21);11,21H,2-10H2,1H3,(H2,14,17)(H,15,16)(H,18,19);1-3,7H,4-6,8H2;2-8H2,1H3,(H,9,10);3,7H,2H2,1H3,(H2,5,6)/i23T;21T;;;. The lowest BCUT2D eigenvalue weighted by atomic mass is 10.1. The molecule has 10 N–H and O–H groups in total. The molecule has 1 fully saturated rings. The molecule has 0 aromatic carbocycles. The molecule has 0 radical (unpaired) electrons. The van der Waals surface area contributed by atoms with E-state index in [0.717, 1.165) is 99.3 Å². The summed E-state index contributed by atoms with van der Waals surface area (Å²) in [5.74, 6) is 1.20. The molecule has 2 aromatic rings. The summed E-state index contributed by atoms with van der Waals surface area (Å²) in [6, 6.07) is 11.4. The summed E-state index contributed by atoms with van der Waals surface area (Å²) in [7, 11) is -2.10. The lowest BCUT2D eigenvalue weighted by Crippen LogP contribution is -2.32. The third-order valence-electron chi connectivity index (χ3n) is 11.0. The highest BCUT2D eigenvalue weighted by atomic mass is 33.1. The van der Waals surface area contributed by atoms with Crippen LogP contribution in [0.2, 0.25) is 0 Å². The number of primary amides is 2. The minimum Gasteiger partial charge on any atom is -0.369 e. The van der Waals surface area contributed by atoms with Crippen molar-refractivity contribution in [1.29, 1.82) is 2.56 Å². The highest BCUT2D eigenvalue weighted by Gasteiger charge is 2.32. The lowest BCUT2D eigenvalue weighted by molar-refractivity contribution is -0.197. The molecule has 3 heterocycles. The van der Waals surface area contributed by atoms with Gasteiger partial charge in [-0.1, -0.05) is 127 Å². The molecular formula is C53H94N7O17P3S7. The number of ketones is 1. The lowest BCUT2D eigenvalue weighted by Gasteiger charge is -2.12. The van der Waals surface area contributed by atoms with E-state index in [1.54, 1.807) is 69.4 Å². The van der Waals surface area contributed by atoms with Crippen LogP contribution >= 0.6 is 101 Å². The van der Waals surface area contributed by atoms with Crippen LogP contribution in [0.1, 0.15) is 149 Å². The van der Waals surface area contributed by atoms with Crippen LogP contribution in [0.3, 0.4) is 0 Å². The number of Topliss-reactive ketones (excluding diaryl/α,β-unsaturated/α-hetero) is 1. The molecule has 0 saturated carbocycles. The van der Waals surface area contributed by atoms with Gasteiger partial charge in [0.15, 0.2) is 2.56 Å². The summed E-state index contributed by atoms with van der Waals surface area (Å²) in [5, 5.41) is 5.23. The Morgan fingerprint density at radius 2 is 1.16 bits per heavy atom. The van der Waals surface area contributed by atoms with E-state index < -0.39 is 41.8 Å². The Bertz CT molecular complexity index is 2370. The van der Waals surface area contributed by atoms with Crippen molar-refractivity contribution in [3.63, 3.8) is 0 Å². The van der Waals surface area contributed by atoms with E-state index in [1.807, 2.05) is 36.4 Å². The molecule has 500 valence electrons. The average molecular weight is 1420 g/mol. The first-order valence-corrected chi connectivity index (χ1v) is 40.5. The SMILES string of the molecule is CC(CS)C(N)=O.CP(=O)(O)OCCCCCCN.O=C(CCSSc1ccccn1)ON1C(=O)CCC1=O.[3H]P(=O)(O)OCCCCCCCCCC(=O)CCSSc1ccccn1.[3H]P(=O)(O)OCCCCCCNC(=O)CCSSCC(C)C(N)=O. The molecular weight excluding hydrogens is 1320 g/mol. The van der Waals surface area contributed by atoms with Gasteiger partial charge in [0.25, 0.3) is 11.8 Å². The number of nitrogens with one attached hydrogen (secondary N) is 1. The monoisotopic (exact) mass is 1420 g/mol. The number of rotatable bonds is 46. The molecule has 34 heteroatoms. The number of nitrogens with two attached hydrogens (primary N) is 3. The summed E-state index contributed by atoms with van der Waals surface area (Å²) >= 11 is 3.85. The van der Waals surface area contributed by atoms with Gasteiger partial charge >= 0.3 is 30.0 Å². The van der Waals surface area contributed by atoms with Gasteiger partial charge in [-0.25, -0.2) is 14.8 Å². The van der Waals surface area contributed by atoms with Crippen molar-refractivity contribution >= 4 is 143 Å². The van der Waals surface area contributed by atoms with E-state index in [4.69, 9.17) is 39.3 Å². The van der Waals surface area contributed by atoms with Gasteiger partial charge in [0.05, 0.1) is 26.2 Å². The average Bonchev–Trinajstić information content (AvgIpc) is 3.71. The minimum absolute atomic E-state index is 0.00445. The molecule has 5 unspecified atom stereocenters. The number of hydrogen-bond donors (Lipinski definition) is 8. The van der Waals surface area contributed by atoms with Crippen LogP contribution < -0.4 is 22.5 Å². The van der Waals surface area contributed by atoms with Gasteiger partial charge in [-0.2, -0.15) is 12.6 Å². The topological polar surface area (TPSA) is 387 Å². The molecule has 24 nitrogen and oxygen atoms in total. The van der Waals surface area contributed by atoms with E-state index in [1.165, 1.54) is 28.3 Å². The Morgan fingerprint density at radius 1 is 0.690 bits per heavy atom. The fourth-order valence-corrected chi connectivity index (χ4v) is 13.4. The predicted octanol–water partition coefficient (Wildman–Crippen LogP) is 10.4. The fourth-order valence-electron chi connectivity index (χ4n) is 6.05. The Kier molecular flexibility index (Phi) is 57.3. The van der Waals surface area contributed by atoms with Crippen LogP contribution in [0, 0.1) is 11.8 Å². The summed E-state index contributed by atoms with van der Waals surface area (Å²) in [6.45, 7) is 6.69. The maximum absolute atomic E-state index is 11.8. The van der Waals surface area contributed by atoms with Crippen molar-refractivity contribution in [3.8, 4) is 0 Å². The molecule has 5 amide bonds. The largest absolute Gasteiger partial charge is 0.369 e. The molecule has 87 heavy (non-hydrogen) atoms. The van der Waals surface area contributed by atoms with Gasteiger partial charge in [-0.3, -0.25) is 42.5 Å². The summed E-state index contributed by atoms with van der Waals surface area (Å²) < 4.78 is 58.8. The van der Waals surface area contributed by atoms with Gasteiger partial charge in [0.1, 0.15) is 15.8 Å². The number of pyridine rings is 2. The van der Waals surface area contributed by atoms with E-state index in [2.05, 4.69) is 41.5 Å². The smallest absolute Gasteiger partial charge is 0.334 e. The zero-order valence-corrected chi connectivity index (χ0v) is 58.5. The van der Waals surface area contributed by atoms with Gasteiger partial charge in [0.2, 0.25) is 17.7 Å². The molecule has 2 aromatic heterocycles. The quantitative estimate of drug-likeness (QED) is 0.0100. The van der Waals surface area contributed by atoms with Crippen LogP contribution in [0.15, 0.2) is 58.8 Å². The van der Waals surface area contributed by atoms with Crippen molar-refractivity contribution in [3.05, 3.63) is 48.8 Å². The number of unbranched alkanes of at least 4 members (excludes halogenated alkanes) is 12. The predicted molar refractivity (Wildman–Crippen MR) is 359 cm³/mol. The second kappa shape index (κ2) is 60.1. The van der Waals surface area contributed by atoms with Crippen molar-refractivity contribution in [1.82, 2.24) is 20.3 Å². The number of nitrogens with zero attached hydrogens (tertiary/aromatic N) is 3. The number of amides is 5. The van der Waals surface area contributed by atoms with Crippen molar-refractivity contribution in [2.24, 2.45) is 29.0 Å². The van der Waals surface area contributed by atoms with Gasteiger partial charge < -0.3 is 55.6 Å². The van der Waals surface area contributed by atoms with Crippen molar-refractivity contribution < 1.29 is 80.3 Å². The highest BCUT2D eigenvalue weighted by Crippen LogP contribution is 2.36. The van der Waals surface area contributed by atoms with E-state index in [0.29, 0.717) is 85.7 Å². The Labute approximate surface area is 547 Å². The summed E-state index contributed by atoms with van der Waals surface area (Å²) in [6.07, 6.45) is 19.5. The summed E-state index contributed by atoms with van der Waals surface area (Å²) in [5.41, 5.74) is 15.3. The van der Waals surface area contributed by atoms with E-state index in [-0.39, 0.29) is 62.0 Å². The number of carbonyl (C=O) groups is 7. The maximum atomic E-state index is 11.8. The Hall–Kier alpha value is -2.15. The Morgan fingerprint density at radius 3 is 1.62 bits per heavy atom. The molecule has 1 aliphatic rings. The molecule has 1 aliphatic heterocycles. The molecule has 1 saturated heterocycles. The van der Waals surface area contributed by atoms with Crippen molar-refractivity contribution in [2.45, 2.75) is 159 Å². The number of carbonyl (C=O) groups excluding carboxylic acids is 7. The van der Waals surface area contributed by atoms with Crippen LogP contribution in [0.4, 0.5) is 0 Å². The molecule has 0 aliphatic carbocycles. The third kappa shape index (κ3) is 61.1. The second-order valence-electron chi connectivity index (χ2n) is 18.8. The van der Waals surface area contributed by atoms with Gasteiger partial charge in [0, 0.05) is 98.3 Å². The summed E-state index contributed by atoms with van der Waals surface area (Å²) in [4.78, 5) is 117. The molecule has 0 bridgehead atoms. The first-order chi connectivity index (χ1) is 42.1. The van der Waals surface area contributed by atoms with Crippen molar-refractivity contribution in [2.75, 3.05) is 68.3 Å². The van der Waals surface area contributed by atoms with Crippen LogP contribution in [-0.2, 0) is 65.7 Å². The first kappa shape index (κ1) is 82.9. The number of hydrogen-bond acceptors (Lipinski definition) is 24. The number of hydroxylamine groups is 2. The zero-order chi connectivity index (χ0) is 67.2. The zero-order valence-electron chi connectivity index (χ0n) is 52.1. The normalized spacial score (nSPS) is 14.8. The van der Waals surface area contributed by atoms with E-state index in [9.17, 15) is 47.3 Å². The minimum atomic E-state index is -4.10. The van der Waals surface area contributed by atoms with Gasteiger partial charge in [-0.05, 0) is 90.9 Å². The highest BCUT2D eigenvalue weighted by molar-refractivity contribution is 8.77. The Balaban J connectivity index is 0. The first-order valence-electron chi connectivity index (χ1n) is 29.3.